The summed E-state index contributed by atoms with van der Waals surface area (Å²) in [5.41, 5.74) is 2.68. The molecule has 1 atom stereocenters. The van der Waals surface area contributed by atoms with Gasteiger partial charge in [-0.25, -0.2) is 8.42 Å². The number of nitrogens with one attached hydrogen (secondary N) is 2. The maximum atomic E-state index is 13.4. The van der Waals surface area contributed by atoms with Crippen molar-refractivity contribution >= 4 is 21.7 Å². The minimum Gasteiger partial charge on any atom is -0.348 e. The molecule has 4 rings (SSSR count). The minimum atomic E-state index is -3.67. The van der Waals surface area contributed by atoms with E-state index < -0.39 is 15.9 Å². The van der Waals surface area contributed by atoms with Gasteiger partial charge in [-0.2, -0.15) is 0 Å². The summed E-state index contributed by atoms with van der Waals surface area (Å²) in [6, 6.07) is 33.3. The Morgan fingerprint density at radius 3 is 2.00 bits per heavy atom. The van der Waals surface area contributed by atoms with Crippen LogP contribution in [0.25, 0.3) is 0 Å². The zero-order valence-electron chi connectivity index (χ0n) is 21.4. The molecule has 39 heavy (non-hydrogen) atoms. The Morgan fingerprint density at radius 2 is 1.31 bits per heavy atom. The van der Waals surface area contributed by atoms with Crippen molar-refractivity contribution in [2.24, 2.45) is 0 Å². The molecule has 7 heteroatoms. The molecule has 0 fully saturated rings. The highest BCUT2D eigenvalue weighted by atomic mass is 32.2. The summed E-state index contributed by atoms with van der Waals surface area (Å²) >= 11 is 0. The number of hydrogen-bond donors (Lipinski definition) is 2. The number of amides is 2. The van der Waals surface area contributed by atoms with Gasteiger partial charge in [-0.15, -0.1) is 0 Å². The van der Waals surface area contributed by atoms with Gasteiger partial charge in [-0.05, 0) is 54.3 Å². The van der Waals surface area contributed by atoms with E-state index in [1.54, 1.807) is 66.7 Å². The standard InChI is InChI=1S/C32H30N2O4S/c35-31(26-14-6-2-7-15-26)33-24-27-16-10-11-19-30(27)32(36)34-28(21-20-25-12-4-1-5-13-25)22-23-39(37,38)29-17-8-3-9-18-29/h1-19,22-23,28H,20-21,24H2,(H,33,35)(H,34,36)/b23-22+/t28-/m0/s1. The smallest absolute Gasteiger partial charge is 0.252 e. The zero-order valence-corrected chi connectivity index (χ0v) is 22.2. The van der Waals surface area contributed by atoms with Crippen molar-refractivity contribution in [1.29, 1.82) is 0 Å². The molecule has 4 aromatic rings. The van der Waals surface area contributed by atoms with Crippen LogP contribution < -0.4 is 10.6 Å². The Balaban J connectivity index is 1.50. The summed E-state index contributed by atoms with van der Waals surface area (Å²) in [6.07, 6.45) is 2.68. The van der Waals surface area contributed by atoms with Crippen molar-refractivity contribution in [2.45, 2.75) is 30.3 Å². The fraction of sp³-hybridized carbons (Fsp3) is 0.125. The van der Waals surface area contributed by atoms with E-state index in [1.807, 2.05) is 36.4 Å². The molecule has 4 aromatic carbocycles. The normalized spacial score (nSPS) is 12.1. The van der Waals surface area contributed by atoms with Gasteiger partial charge < -0.3 is 10.6 Å². The number of rotatable bonds is 11. The van der Waals surface area contributed by atoms with Crippen molar-refractivity contribution in [3.05, 3.63) is 149 Å². The summed E-state index contributed by atoms with van der Waals surface area (Å²) in [5, 5.41) is 7.00. The van der Waals surface area contributed by atoms with Crippen LogP contribution in [0.5, 0.6) is 0 Å². The van der Waals surface area contributed by atoms with Gasteiger partial charge >= 0.3 is 0 Å². The topological polar surface area (TPSA) is 92.3 Å². The van der Waals surface area contributed by atoms with Crippen LogP contribution in [0.4, 0.5) is 0 Å². The number of sulfone groups is 1. The average Bonchev–Trinajstić information content (AvgIpc) is 2.98. The Labute approximate surface area is 229 Å². The van der Waals surface area contributed by atoms with Gasteiger partial charge in [0.2, 0.25) is 0 Å². The number of benzene rings is 4. The van der Waals surface area contributed by atoms with E-state index in [0.29, 0.717) is 29.5 Å². The van der Waals surface area contributed by atoms with Crippen molar-refractivity contribution in [1.82, 2.24) is 10.6 Å². The van der Waals surface area contributed by atoms with Crippen molar-refractivity contribution in [3.8, 4) is 0 Å². The summed E-state index contributed by atoms with van der Waals surface area (Å²) in [7, 11) is -3.67. The summed E-state index contributed by atoms with van der Waals surface area (Å²) < 4.78 is 25.7. The maximum absolute atomic E-state index is 13.4. The molecular weight excluding hydrogens is 508 g/mol. The van der Waals surface area contributed by atoms with Crippen LogP contribution in [0.3, 0.4) is 0 Å². The number of hydrogen-bond acceptors (Lipinski definition) is 4. The molecule has 0 saturated carbocycles. The number of carbonyl (C=O) groups excluding carboxylic acids is 2. The molecule has 6 nitrogen and oxygen atoms in total. The molecular formula is C32H30N2O4S. The third-order valence-corrected chi connectivity index (χ3v) is 7.65. The predicted octanol–water partition coefficient (Wildman–Crippen LogP) is 5.34. The van der Waals surface area contributed by atoms with Crippen molar-refractivity contribution in [3.63, 3.8) is 0 Å². The second-order valence-electron chi connectivity index (χ2n) is 9.00. The molecule has 0 spiro atoms. The molecule has 0 aliphatic heterocycles. The highest BCUT2D eigenvalue weighted by Gasteiger charge is 2.17. The second-order valence-corrected chi connectivity index (χ2v) is 10.8. The Bertz CT molecular complexity index is 1520. The molecule has 2 N–H and O–H groups in total. The first-order valence-electron chi connectivity index (χ1n) is 12.7. The maximum Gasteiger partial charge on any atom is 0.252 e. The van der Waals surface area contributed by atoms with Gasteiger partial charge in [-0.1, -0.05) is 91.0 Å². The summed E-state index contributed by atoms with van der Waals surface area (Å²) in [6.45, 7) is 0.171. The fourth-order valence-corrected chi connectivity index (χ4v) is 5.17. The zero-order chi connectivity index (χ0) is 27.5. The lowest BCUT2D eigenvalue weighted by molar-refractivity contribution is 0.0929. The van der Waals surface area contributed by atoms with Crippen LogP contribution in [0.15, 0.2) is 132 Å². The van der Waals surface area contributed by atoms with E-state index in [2.05, 4.69) is 10.6 Å². The van der Waals surface area contributed by atoms with Gasteiger partial charge in [0.1, 0.15) is 0 Å². The molecule has 198 valence electrons. The van der Waals surface area contributed by atoms with Crippen LogP contribution in [-0.2, 0) is 22.8 Å². The molecule has 0 bridgehead atoms. The lowest BCUT2D eigenvalue weighted by Gasteiger charge is -2.17. The van der Waals surface area contributed by atoms with E-state index in [0.717, 1.165) is 11.0 Å². The first-order chi connectivity index (χ1) is 18.9. The van der Waals surface area contributed by atoms with Gasteiger partial charge in [0, 0.05) is 29.1 Å². The highest BCUT2D eigenvalue weighted by molar-refractivity contribution is 7.94. The molecule has 0 heterocycles. The van der Waals surface area contributed by atoms with Crippen molar-refractivity contribution < 1.29 is 18.0 Å². The van der Waals surface area contributed by atoms with E-state index in [-0.39, 0.29) is 23.3 Å². The Morgan fingerprint density at radius 1 is 0.718 bits per heavy atom. The van der Waals surface area contributed by atoms with Crippen LogP contribution in [-0.4, -0.2) is 26.3 Å². The van der Waals surface area contributed by atoms with Gasteiger partial charge in [-0.3, -0.25) is 9.59 Å². The first-order valence-corrected chi connectivity index (χ1v) is 14.2. The minimum absolute atomic E-state index is 0.171. The van der Waals surface area contributed by atoms with Crippen LogP contribution >= 0.6 is 0 Å². The molecule has 0 unspecified atom stereocenters. The molecule has 0 aromatic heterocycles. The lowest BCUT2D eigenvalue weighted by Crippen LogP contribution is -2.35. The molecule has 0 radical (unpaired) electrons. The first kappa shape index (κ1) is 27.5. The highest BCUT2D eigenvalue weighted by Crippen LogP contribution is 2.15. The predicted molar refractivity (Wildman–Crippen MR) is 153 cm³/mol. The third-order valence-electron chi connectivity index (χ3n) is 6.20. The monoisotopic (exact) mass is 538 g/mol. The van der Waals surface area contributed by atoms with E-state index in [1.165, 1.54) is 18.2 Å². The summed E-state index contributed by atoms with van der Waals surface area (Å²) in [5.74, 6) is -0.583. The SMILES string of the molecule is O=C(NCc1ccccc1C(=O)N[C@H](/C=C/S(=O)(=O)c1ccccc1)CCc1ccccc1)c1ccccc1. The van der Waals surface area contributed by atoms with E-state index >= 15 is 0 Å². The molecule has 2 amide bonds. The van der Waals surface area contributed by atoms with E-state index in [4.69, 9.17) is 0 Å². The summed E-state index contributed by atoms with van der Waals surface area (Å²) in [4.78, 5) is 26.1. The van der Waals surface area contributed by atoms with Crippen LogP contribution in [0.1, 0.15) is 38.3 Å². The molecule has 0 aliphatic carbocycles. The Kier molecular flexibility index (Phi) is 9.43. The van der Waals surface area contributed by atoms with Gasteiger partial charge in [0.05, 0.1) is 4.90 Å². The lowest BCUT2D eigenvalue weighted by atomic mass is 10.0. The van der Waals surface area contributed by atoms with Gasteiger partial charge in [0.25, 0.3) is 11.8 Å². The van der Waals surface area contributed by atoms with E-state index in [9.17, 15) is 18.0 Å². The quantitative estimate of drug-likeness (QED) is 0.270. The second kappa shape index (κ2) is 13.3. The van der Waals surface area contributed by atoms with Gasteiger partial charge in [0.15, 0.2) is 9.84 Å². The number of carbonyl (C=O) groups is 2. The van der Waals surface area contributed by atoms with Crippen LogP contribution in [0, 0.1) is 0 Å². The molecule has 0 saturated heterocycles. The molecule has 0 aliphatic rings. The fourth-order valence-electron chi connectivity index (χ4n) is 4.08. The Hall–Kier alpha value is -4.49. The number of aryl methyl sites for hydroxylation is 1. The third kappa shape index (κ3) is 7.99. The largest absolute Gasteiger partial charge is 0.348 e. The van der Waals surface area contributed by atoms with Crippen molar-refractivity contribution in [2.75, 3.05) is 0 Å². The van der Waals surface area contributed by atoms with Crippen LogP contribution in [0.2, 0.25) is 0 Å². The average molecular weight is 539 g/mol.